The van der Waals surface area contributed by atoms with Crippen molar-refractivity contribution in [2.24, 2.45) is 0 Å². The maximum Gasteiger partial charge on any atom is 0.227 e. The summed E-state index contributed by atoms with van der Waals surface area (Å²) in [5.74, 6) is 0.300. The van der Waals surface area contributed by atoms with E-state index in [0.717, 1.165) is 25.9 Å². The quantitative estimate of drug-likeness (QED) is 0.867. The van der Waals surface area contributed by atoms with Gasteiger partial charge in [0.1, 0.15) is 5.82 Å². The molecule has 0 aliphatic carbocycles. The summed E-state index contributed by atoms with van der Waals surface area (Å²) >= 11 is 0. The molecule has 1 fully saturated rings. The summed E-state index contributed by atoms with van der Waals surface area (Å²) in [7, 11) is 0. The second-order valence-electron chi connectivity index (χ2n) is 5.08. The number of hydrogen-bond acceptors (Lipinski definition) is 4. The Morgan fingerprint density at radius 3 is 2.81 bits per heavy atom. The molecule has 1 saturated heterocycles. The lowest BCUT2D eigenvalue weighted by molar-refractivity contribution is -0.130. The van der Waals surface area contributed by atoms with E-state index in [9.17, 15) is 9.18 Å². The van der Waals surface area contributed by atoms with E-state index in [2.05, 4.69) is 10.1 Å². The monoisotopic (exact) mass is 289 g/mol. The van der Waals surface area contributed by atoms with E-state index in [1.165, 1.54) is 6.07 Å². The minimum absolute atomic E-state index is 0.109. The lowest BCUT2D eigenvalue weighted by atomic mass is 10.2. The van der Waals surface area contributed by atoms with Gasteiger partial charge in [0, 0.05) is 25.9 Å². The molecule has 1 aliphatic heterocycles. The Morgan fingerprint density at radius 1 is 1.29 bits per heavy atom. The third kappa shape index (κ3) is 3.09. The Bertz CT molecular complexity index is 635. The Hall–Kier alpha value is -2.24. The Labute approximate surface area is 121 Å². The van der Waals surface area contributed by atoms with E-state index in [-0.39, 0.29) is 11.7 Å². The molecule has 3 rings (SSSR count). The SMILES string of the molecule is O=C(CCc1nc(-c2ccccc2F)no1)N1CCCC1. The van der Waals surface area contributed by atoms with Gasteiger partial charge in [-0.3, -0.25) is 4.79 Å². The highest BCUT2D eigenvalue weighted by atomic mass is 19.1. The molecule has 1 aliphatic rings. The van der Waals surface area contributed by atoms with Crippen molar-refractivity contribution in [1.82, 2.24) is 15.0 Å². The highest BCUT2D eigenvalue weighted by Crippen LogP contribution is 2.19. The van der Waals surface area contributed by atoms with Crippen LogP contribution >= 0.6 is 0 Å². The van der Waals surface area contributed by atoms with Gasteiger partial charge in [-0.2, -0.15) is 4.98 Å². The number of amides is 1. The maximum absolute atomic E-state index is 13.6. The summed E-state index contributed by atoms with van der Waals surface area (Å²) < 4.78 is 18.7. The standard InChI is InChI=1S/C15H16FN3O2/c16-12-6-2-1-5-11(12)15-17-13(21-18-15)7-8-14(20)19-9-3-4-10-19/h1-2,5-6H,3-4,7-10H2. The molecule has 5 nitrogen and oxygen atoms in total. The van der Waals surface area contributed by atoms with Crippen LogP contribution in [0.25, 0.3) is 11.4 Å². The number of aromatic nitrogens is 2. The topological polar surface area (TPSA) is 59.2 Å². The number of halogens is 1. The van der Waals surface area contributed by atoms with Gasteiger partial charge in [0.05, 0.1) is 5.56 Å². The number of aryl methyl sites for hydroxylation is 1. The van der Waals surface area contributed by atoms with Crippen molar-refractivity contribution in [2.75, 3.05) is 13.1 Å². The summed E-state index contributed by atoms with van der Waals surface area (Å²) in [4.78, 5) is 17.9. The van der Waals surface area contributed by atoms with Crippen molar-refractivity contribution in [1.29, 1.82) is 0 Å². The number of hydrogen-bond donors (Lipinski definition) is 0. The Balaban J connectivity index is 1.63. The van der Waals surface area contributed by atoms with Crippen molar-refractivity contribution >= 4 is 5.91 Å². The highest BCUT2D eigenvalue weighted by Gasteiger charge is 2.19. The fourth-order valence-electron chi connectivity index (χ4n) is 2.45. The molecule has 0 atom stereocenters. The van der Waals surface area contributed by atoms with Gasteiger partial charge in [0.2, 0.25) is 17.6 Å². The summed E-state index contributed by atoms with van der Waals surface area (Å²) in [6.07, 6.45) is 2.88. The molecule has 0 bridgehead atoms. The van der Waals surface area contributed by atoms with Crippen molar-refractivity contribution in [3.05, 3.63) is 36.0 Å². The lowest BCUT2D eigenvalue weighted by Crippen LogP contribution is -2.27. The van der Waals surface area contributed by atoms with Gasteiger partial charge in [0.15, 0.2) is 0 Å². The zero-order valence-corrected chi connectivity index (χ0v) is 11.6. The zero-order chi connectivity index (χ0) is 14.7. The molecule has 1 amide bonds. The van der Waals surface area contributed by atoms with Gasteiger partial charge >= 0.3 is 0 Å². The zero-order valence-electron chi connectivity index (χ0n) is 11.6. The highest BCUT2D eigenvalue weighted by molar-refractivity contribution is 5.76. The van der Waals surface area contributed by atoms with Crippen molar-refractivity contribution in [2.45, 2.75) is 25.7 Å². The molecule has 2 heterocycles. The predicted molar refractivity (Wildman–Crippen MR) is 73.8 cm³/mol. The lowest BCUT2D eigenvalue weighted by Gasteiger charge is -2.13. The van der Waals surface area contributed by atoms with Crippen LogP contribution in [0.2, 0.25) is 0 Å². The number of nitrogens with zero attached hydrogens (tertiary/aromatic N) is 3. The second-order valence-corrected chi connectivity index (χ2v) is 5.08. The van der Waals surface area contributed by atoms with Gasteiger partial charge in [0.25, 0.3) is 0 Å². The first-order valence-corrected chi connectivity index (χ1v) is 7.09. The molecule has 6 heteroatoms. The number of benzene rings is 1. The van der Waals surface area contributed by atoms with Gasteiger partial charge in [-0.25, -0.2) is 4.39 Å². The van der Waals surface area contributed by atoms with Crippen LogP contribution in [0.3, 0.4) is 0 Å². The van der Waals surface area contributed by atoms with Crippen LogP contribution in [0.1, 0.15) is 25.2 Å². The third-order valence-corrected chi connectivity index (χ3v) is 3.59. The maximum atomic E-state index is 13.6. The van der Waals surface area contributed by atoms with Gasteiger partial charge in [-0.05, 0) is 25.0 Å². The molecule has 0 N–H and O–H groups in total. The van der Waals surface area contributed by atoms with Gasteiger partial charge < -0.3 is 9.42 Å². The van der Waals surface area contributed by atoms with E-state index >= 15 is 0 Å². The van der Waals surface area contributed by atoms with Crippen LogP contribution in [-0.2, 0) is 11.2 Å². The molecule has 21 heavy (non-hydrogen) atoms. The molecular formula is C15H16FN3O2. The van der Waals surface area contributed by atoms with Gasteiger partial charge in [-0.1, -0.05) is 17.3 Å². The van der Waals surface area contributed by atoms with E-state index in [1.54, 1.807) is 18.2 Å². The molecule has 0 saturated carbocycles. The number of rotatable bonds is 4. The molecule has 1 aromatic carbocycles. The van der Waals surface area contributed by atoms with E-state index in [4.69, 9.17) is 4.52 Å². The minimum atomic E-state index is -0.391. The van der Waals surface area contributed by atoms with Crippen molar-refractivity contribution < 1.29 is 13.7 Å². The van der Waals surface area contributed by atoms with Gasteiger partial charge in [-0.15, -0.1) is 0 Å². The number of carbonyl (C=O) groups is 1. The average molecular weight is 289 g/mol. The van der Waals surface area contributed by atoms with Crippen molar-refractivity contribution in [3.63, 3.8) is 0 Å². The molecule has 0 radical (unpaired) electrons. The van der Waals surface area contributed by atoms with Crippen LogP contribution in [0.4, 0.5) is 4.39 Å². The largest absolute Gasteiger partial charge is 0.343 e. The normalized spacial score (nSPS) is 14.6. The van der Waals surface area contributed by atoms with Crippen LogP contribution < -0.4 is 0 Å². The Kier molecular flexibility index (Phi) is 3.94. The van der Waals surface area contributed by atoms with Crippen LogP contribution in [0.5, 0.6) is 0 Å². The molecule has 0 unspecified atom stereocenters. The van der Waals surface area contributed by atoms with E-state index < -0.39 is 5.82 Å². The summed E-state index contributed by atoms with van der Waals surface area (Å²) in [6, 6.07) is 6.27. The van der Waals surface area contributed by atoms with Crippen LogP contribution in [0, 0.1) is 5.82 Å². The second kappa shape index (κ2) is 6.03. The third-order valence-electron chi connectivity index (χ3n) is 3.59. The summed E-state index contributed by atoms with van der Waals surface area (Å²) in [5.41, 5.74) is 0.304. The smallest absolute Gasteiger partial charge is 0.227 e. The minimum Gasteiger partial charge on any atom is -0.343 e. The van der Waals surface area contributed by atoms with E-state index in [0.29, 0.717) is 24.3 Å². The molecule has 110 valence electrons. The first-order chi connectivity index (χ1) is 10.2. The van der Waals surface area contributed by atoms with Crippen LogP contribution in [-0.4, -0.2) is 34.0 Å². The first-order valence-electron chi connectivity index (χ1n) is 7.09. The van der Waals surface area contributed by atoms with Crippen LogP contribution in [0.15, 0.2) is 28.8 Å². The fourth-order valence-corrected chi connectivity index (χ4v) is 2.45. The number of likely N-dealkylation sites (tertiary alicyclic amines) is 1. The van der Waals surface area contributed by atoms with Crippen molar-refractivity contribution in [3.8, 4) is 11.4 Å². The average Bonchev–Trinajstić information content (AvgIpc) is 3.17. The molecule has 1 aromatic heterocycles. The molecule has 0 spiro atoms. The predicted octanol–water partition coefficient (Wildman–Crippen LogP) is 2.43. The molecule has 2 aromatic rings. The summed E-state index contributed by atoms with van der Waals surface area (Å²) in [5, 5.41) is 3.77. The summed E-state index contributed by atoms with van der Waals surface area (Å²) in [6.45, 7) is 1.67. The Morgan fingerprint density at radius 2 is 2.05 bits per heavy atom. The first kappa shape index (κ1) is 13.7. The fraction of sp³-hybridized carbons (Fsp3) is 0.400. The number of carbonyl (C=O) groups excluding carboxylic acids is 1. The molecular weight excluding hydrogens is 273 g/mol. The van der Waals surface area contributed by atoms with E-state index in [1.807, 2.05) is 4.90 Å².